The van der Waals surface area contributed by atoms with Gasteiger partial charge in [-0.1, -0.05) is 59.6 Å². The lowest BCUT2D eigenvalue weighted by atomic mass is 10.1. The molecule has 1 fully saturated rings. The van der Waals surface area contributed by atoms with Gasteiger partial charge in [0.25, 0.3) is 0 Å². The average molecular weight is 485 g/mol. The van der Waals surface area contributed by atoms with E-state index in [1.54, 1.807) is 24.3 Å². The Labute approximate surface area is 185 Å². The zero-order valence-corrected chi connectivity index (χ0v) is 18.8. The van der Waals surface area contributed by atoms with Crippen LogP contribution in [0.4, 0.5) is 0 Å². The fourth-order valence-electron chi connectivity index (χ4n) is 3.49. The van der Waals surface area contributed by atoms with Gasteiger partial charge in [-0.15, -0.1) is 0 Å². The number of hydrogen-bond acceptors (Lipinski definition) is 4. The van der Waals surface area contributed by atoms with Crippen LogP contribution in [0.5, 0.6) is 0 Å². The Morgan fingerprint density at radius 1 is 0.633 bits per heavy atom. The second-order valence-corrected chi connectivity index (χ2v) is 11.5. The molecule has 0 saturated carbocycles. The molecule has 6 nitrogen and oxygen atoms in total. The lowest BCUT2D eigenvalue weighted by Crippen LogP contribution is -2.50. The molecule has 1 heterocycles. The number of hydrogen-bond donors (Lipinski definition) is 0. The minimum atomic E-state index is -3.94. The second kappa shape index (κ2) is 8.11. The number of halogens is 2. The minimum absolute atomic E-state index is 0.0106. The van der Waals surface area contributed by atoms with Crippen molar-refractivity contribution in [2.45, 2.75) is 9.79 Å². The molecule has 3 aromatic rings. The van der Waals surface area contributed by atoms with Gasteiger partial charge in [-0.2, -0.15) is 8.61 Å². The third-order valence-corrected chi connectivity index (χ3v) is 9.82. The highest BCUT2D eigenvalue weighted by Gasteiger charge is 2.35. The summed E-state index contributed by atoms with van der Waals surface area (Å²) in [7, 11) is -7.68. The predicted octanol–water partition coefficient (Wildman–Crippen LogP) is 3.84. The van der Waals surface area contributed by atoms with E-state index in [4.69, 9.17) is 23.2 Å². The molecule has 158 valence electrons. The lowest BCUT2D eigenvalue weighted by molar-refractivity contribution is 0.273. The van der Waals surface area contributed by atoms with Crippen molar-refractivity contribution in [3.63, 3.8) is 0 Å². The van der Waals surface area contributed by atoms with E-state index in [0.717, 1.165) is 10.8 Å². The lowest BCUT2D eigenvalue weighted by Gasteiger charge is -2.33. The number of rotatable bonds is 4. The zero-order chi connectivity index (χ0) is 21.5. The van der Waals surface area contributed by atoms with E-state index < -0.39 is 20.0 Å². The first kappa shape index (κ1) is 21.5. The molecule has 1 aliphatic heterocycles. The number of piperazine rings is 1. The standard InChI is InChI=1S/C20H18Cl2N2O4S2/c21-18-6-3-7-19(22)20(18)30(27,28)24-12-10-23(11-13-24)29(25,26)17-9-8-15-4-1-2-5-16(15)14-17/h1-9,14H,10-13H2. The van der Waals surface area contributed by atoms with Gasteiger partial charge in [-0.25, -0.2) is 16.8 Å². The first-order valence-corrected chi connectivity index (χ1v) is 12.8. The molecule has 0 aromatic heterocycles. The van der Waals surface area contributed by atoms with Crippen LogP contribution in [0.1, 0.15) is 0 Å². The second-order valence-electron chi connectivity index (χ2n) is 6.87. The molecule has 30 heavy (non-hydrogen) atoms. The maximum absolute atomic E-state index is 13.1. The average Bonchev–Trinajstić information content (AvgIpc) is 2.73. The van der Waals surface area contributed by atoms with Crippen molar-refractivity contribution in [3.8, 4) is 0 Å². The van der Waals surface area contributed by atoms with Gasteiger partial charge >= 0.3 is 0 Å². The van der Waals surface area contributed by atoms with Crippen LogP contribution >= 0.6 is 23.2 Å². The molecule has 0 aliphatic carbocycles. The van der Waals surface area contributed by atoms with Crippen LogP contribution in [0.2, 0.25) is 10.0 Å². The molecular formula is C20H18Cl2N2O4S2. The van der Waals surface area contributed by atoms with E-state index in [-0.39, 0.29) is 46.0 Å². The largest absolute Gasteiger partial charge is 0.246 e. The molecule has 0 amide bonds. The van der Waals surface area contributed by atoms with E-state index in [0.29, 0.717) is 0 Å². The molecule has 0 radical (unpaired) electrons. The summed E-state index contributed by atoms with van der Waals surface area (Å²) in [6.45, 7) is 0.0975. The van der Waals surface area contributed by atoms with E-state index in [9.17, 15) is 16.8 Å². The summed E-state index contributed by atoms with van der Waals surface area (Å²) < 4.78 is 54.7. The monoisotopic (exact) mass is 484 g/mol. The van der Waals surface area contributed by atoms with Gasteiger partial charge in [0.15, 0.2) is 0 Å². The normalized spacial score (nSPS) is 16.7. The summed E-state index contributed by atoms with van der Waals surface area (Å²) in [6, 6.07) is 17.0. The number of benzene rings is 3. The maximum atomic E-state index is 13.1. The van der Waals surface area contributed by atoms with Crippen molar-refractivity contribution in [1.82, 2.24) is 8.61 Å². The molecule has 0 atom stereocenters. The first-order chi connectivity index (χ1) is 14.2. The topological polar surface area (TPSA) is 74.8 Å². The maximum Gasteiger partial charge on any atom is 0.246 e. The molecule has 0 bridgehead atoms. The highest BCUT2D eigenvalue weighted by atomic mass is 35.5. The first-order valence-electron chi connectivity index (χ1n) is 9.14. The third kappa shape index (κ3) is 3.84. The van der Waals surface area contributed by atoms with Crippen molar-refractivity contribution in [2.24, 2.45) is 0 Å². The molecule has 1 aliphatic rings. The Hall–Kier alpha value is -1.68. The molecule has 0 spiro atoms. The van der Waals surface area contributed by atoms with Gasteiger partial charge in [-0.3, -0.25) is 0 Å². The highest BCUT2D eigenvalue weighted by Crippen LogP contribution is 2.32. The van der Waals surface area contributed by atoms with Gasteiger partial charge < -0.3 is 0 Å². The molecule has 0 unspecified atom stereocenters. The zero-order valence-electron chi connectivity index (χ0n) is 15.7. The van der Waals surface area contributed by atoms with Crippen molar-refractivity contribution >= 4 is 54.0 Å². The van der Waals surface area contributed by atoms with Crippen molar-refractivity contribution in [2.75, 3.05) is 26.2 Å². The Morgan fingerprint density at radius 3 is 1.77 bits per heavy atom. The SMILES string of the molecule is O=S(=O)(c1ccc2ccccc2c1)N1CCN(S(=O)(=O)c2c(Cl)cccc2Cl)CC1. The van der Waals surface area contributed by atoms with Crippen LogP contribution < -0.4 is 0 Å². The Bertz CT molecular complexity index is 1300. The van der Waals surface area contributed by atoms with Crippen LogP contribution in [-0.4, -0.2) is 51.6 Å². The van der Waals surface area contributed by atoms with Crippen LogP contribution in [0, 0.1) is 0 Å². The van der Waals surface area contributed by atoms with Gasteiger partial charge in [0.1, 0.15) is 4.90 Å². The van der Waals surface area contributed by atoms with Gasteiger partial charge in [0, 0.05) is 26.2 Å². The molecule has 0 N–H and O–H groups in total. The van der Waals surface area contributed by atoms with E-state index in [2.05, 4.69) is 0 Å². The van der Waals surface area contributed by atoms with Crippen LogP contribution in [-0.2, 0) is 20.0 Å². The van der Waals surface area contributed by atoms with Crippen molar-refractivity contribution < 1.29 is 16.8 Å². The summed E-state index contributed by atoms with van der Waals surface area (Å²) in [5.41, 5.74) is 0. The number of nitrogens with zero attached hydrogens (tertiary/aromatic N) is 2. The minimum Gasteiger partial charge on any atom is -0.207 e. The summed E-state index contributed by atoms with van der Waals surface area (Å²) in [6.07, 6.45) is 0. The smallest absolute Gasteiger partial charge is 0.207 e. The van der Waals surface area contributed by atoms with Crippen LogP contribution in [0.15, 0.2) is 70.5 Å². The molecule has 4 rings (SSSR count). The summed E-state index contributed by atoms with van der Waals surface area (Å²) in [5, 5.41) is 1.85. The highest BCUT2D eigenvalue weighted by molar-refractivity contribution is 7.89. The summed E-state index contributed by atoms with van der Waals surface area (Å²) in [5.74, 6) is 0. The van der Waals surface area contributed by atoms with Crippen molar-refractivity contribution in [1.29, 1.82) is 0 Å². The van der Waals surface area contributed by atoms with Crippen LogP contribution in [0.3, 0.4) is 0 Å². The molecule has 1 saturated heterocycles. The fraction of sp³-hybridized carbons (Fsp3) is 0.200. The Balaban J connectivity index is 1.56. The Morgan fingerprint density at radius 2 is 1.17 bits per heavy atom. The summed E-state index contributed by atoms with van der Waals surface area (Å²) >= 11 is 12.1. The Kier molecular flexibility index (Phi) is 5.82. The van der Waals surface area contributed by atoms with Gasteiger partial charge in [0.2, 0.25) is 20.0 Å². The van der Waals surface area contributed by atoms with E-state index in [1.807, 2.05) is 24.3 Å². The van der Waals surface area contributed by atoms with E-state index >= 15 is 0 Å². The molecule has 10 heteroatoms. The number of fused-ring (bicyclic) bond motifs is 1. The van der Waals surface area contributed by atoms with Gasteiger partial charge in [0.05, 0.1) is 14.9 Å². The molecular weight excluding hydrogens is 467 g/mol. The van der Waals surface area contributed by atoms with Crippen molar-refractivity contribution in [3.05, 3.63) is 70.7 Å². The molecule has 3 aromatic carbocycles. The fourth-order valence-corrected chi connectivity index (χ4v) is 7.46. The third-order valence-electron chi connectivity index (χ3n) is 5.07. The van der Waals surface area contributed by atoms with Gasteiger partial charge in [-0.05, 0) is 35.0 Å². The quantitative estimate of drug-likeness (QED) is 0.563. The predicted molar refractivity (Wildman–Crippen MR) is 118 cm³/mol. The number of sulfonamides is 2. The summed E-state index contributed by atoms with van der Waals surface area (Å²) in [4.78, 5) is 0.0332. The van der Waals surface area contributed by atoms with Crippen LogP contribution in [0.25, 0.3) is 10.8 Å². The van der Waals surface area contributed by atoms with E-state index in [1.165, 1.54) is 20.7 Å².